The highest BCUT2D eigenvalue weighted by Crippen LogP contribution is 2.52. The molecule has 3 aliphatic heterocycles. The maximum Gasteiger partial charge on any atom is 0.249 e. The highest BCUT2D eigenvalue weighted by atomic mass is 32.2. The number of nitrogens with one attached hydrogen (secondary N) is 1. The van der Waals surface area contributed by atoms with Crippen molar-refractivity contribution in [3.05, 3.63) is 322 Å². The number of hydrogen-bond acceptors (Lipinski definition) is 6. The first-order valence-electron chi connectivity index (χ1n) is 29.4. The zero-order chi connectivity index (χ0) is 56.9. The van der Waals surface area contributed by atoms with Crippen LogP contribution in [0.5, 0.6) is 0 Å². The van der Waals surface area contributed by atoms with Crippen LogP contribution >= 0.6 is 23.5 Å². The summed E-state index contributed by atoms with van der Waals surface area (Å²) in [4.78, 5) is 12.6. The van der Waals surface area contributed by atoms with Crippen molar-refractivity contribution in [1.82, 2.24) is 0 Å². The molecule has 13 aromatic carbocycles. The molecule has 1 N–H and O–H groups in total. The van der Waals surface area contributed by atoms with Gasteiger partial charge in [-0.2, -0.15) is 0 Å². The second-order valence-corrected chi connectivity index (χ2v) is 24.2. The molecule has 0 bridgehead atoms. The van der Waals surface area contributed by atoms with Crippen LogP contribution in [-0.4, -0.2) is 13.4 Å². The molecule has 0 amide bonds. The third-order valence-electron chi connectivity index (χ3n) is 16.9. The van der Waals surface area contributed by atoms with Gasteiger partial charge in [-0.15, -0.1) is 0 Å². The van der Waals surface area contributed by atoms with E-state index < -0.39 is 0 Å². The summed E-state index contributed by atoms with van der Waals surface area (Å²) in [5, 5.41) is 4.12. The van der Waals surface area contributed by atoms with Crippen molar-refractivity contribution < 1.29 is 0 Å². The average molecular weight is 1130 g/mol. The molecule has 0 radical (unpaired) electrons. The van der Waals surface area contributed by atoms with Gasteiger partial charge in [-0.1, -0.05) is 264 Å². The third kappa shape index (κ3) is 9.17. The Morgan fingerprint density at radius 3 is 1.29 bits per heavy atom. The fraction of sp³-hybridized carbons (Fsp3) is 0. The minimum atomic E-state index is -0.208. The van der Waals surface area contributed by atoms with E-state index in [4.69, 9.17) is 0 Å². The molecule has 0 fully saturated rings. The van der Waals surface area contributed by atoms with Gasteiger partial charge in [-0.3, -0.25) is 0 Å². The van der Waals surface area contributed by atoms with Crippen LogP contribution in [0.25, 0.3) is 22.3 Å². The number of hydrogen-bond donors (Lipinski definition) is 1. The van der Waals surface area contributed by atoms with Gasteiger partial charge in [-0.05, 0) is 125 Å². The van der Waals surface area contributed by atoms with Crippen LogP contribution in [0, 0.1) is 0 Å². The van der Waals surface area contributed by atoms with E-state index in [1.165, 1.54) is 52.4 Å². The van der Waals surface area contributed by atoms with Crippen LogP contribution in [0.3, 0.4) is 0 Å². The van der Waals surface area contributed by atoms with Gasteiger partial charge < -0.3 is 20.0 Å². The van der Waals surface area contributed by atoms with E-state index in [1.807, 2.05) is 23.5 Å². The van der Waals surface area contributed by atoms with Gasteiger partial charge in [0, 0.05) is 81.9 Å². The second-order valence-electron chi connectivity index (χ2n) is 22.0. The highest BCUT2D eigenvalue weighted by Gasteiger charge is 2.44. The Kier molecular flexibility index (Phi) is 13.3. The maximum atomic E-state index is 4.12. The molecule has 86 heavy (non-hydrogen) atoms. The van der Waals surface area contributed by atoms with Crippen molar-refractivity contribution >= 4 is 132 Å². The van der Waals surface area contributed by atoms with Gasteiger partial charge in [0.05, 0.1) is 11.4 Å². The van der Waals surface area contributed by atoms with Gasteiger partial charge in [0.25, 0.3) is 0 Å². The van der Waals surface area contributed by atoms with Crippen LogP contribution in [0.4, 0.5) is 62.6 Å². The monoisotopic (exact) mass is 1130 g/mol. The number of rotatable bonds is 12. The molecule has 8 heteroatoms. The first kappa shape index (κ1) is 51.5. The molecular formula is C78H54B2N4S2. The van der Waals surface area contributed by atoms with Gasteiger partial charge >= 0.3 is 0 Å². The van der Waals surface area contributed by atoms with Crippen molar-refractivity contribution in [3.63, 3.8) is 0 Å². The minimum Gasteiger partial charge on any atom is -0.356 e. The normalized spacial score (nSPS) is 12.5. The Morgan fingerprint density at radius 2 is 0.756 bits per heavy atom. The summed E-state index contributed by atoms with van der Waals surface area (Å²) >= 11 is 3.82. The average Bonchev–Trinajstić information content (AvgIpc) is 0.800. The molecule has 13 aromatic rings. The number of fused-ring (bicyclic) bond motifs is 6. The van der Waals surface area contributed by atoms with Crippen molar-refractivity contribution in [1.29, 1.82) is 0 Å². The van der Waals surface area contributed by atoms with Gasteiger partial charge in [0.15, 0.2) is 0 Å². The molecule has 0 spiro atoms. The predicted octanol–water partition coefficient (Wildman–Crippen LogP) is 17.4. The summed E-state index contributed by atoms with van der Waals surface area (Å²) in [6.45, 7) is -0.229. The Balaban J connectivity index is 1.02. The van der Waals surface area contributed by atoms with E-state index in [2.05, 4.69) is 342 Å². The molecule has 0 saturated carbocycles. The fourth-order valence-electron chi connectivity index (χ4n) is 13.3. The van der Waals surface area contributed by atoms with E-state index >= 15 is 0 Å². The molecule has 3 heterocycles. The van der Waals surface area contributed by atoms with E-state index in [9.17, 15) is 0 Å². The van der Waals surface area contributed by atoms with Crippen LogP contribution in [0.1, 0.15) is 0 Å². The summed E-state index contributed by atoms with van der Waals surface area (Å²) in [5.41, 5.74) is 24.1. The van der Waals surface area contributed by atoms with Crippen molar-refractivity contribution in [2.24, 2.45) is 0 Å². The van der Waals surface area contributed by atoms with Gasteiger partial charge in [0.1, 0.15) is 0 Å². The predicted molar refractivity (Wildman–Crippen MR) is 368 cm³/mol. The zero-order valence-corrected chi connectivity index (χ0v) is 48.5. The molecule has 0 atom stereocenters. The minimum absolute atomic E-state index is 0.0210. The number of benzene rings is 13. The van der Waals surface area contributed by atoms with Crippen molar-refractivity contribution in [2.45, 2.75) is 19.6 Å². The lowest BCUT2D eigenvalue weighted by Gasteiger charge is -2.42. The number of para-hydroxylation sites is 6. The summed E-state index contributed by atoms with van der Waals surface area (Å²) in [6, 6.07) is 118. The molecule has 4 nitrogen and oxygen atoms in total. The van der Waals surface area contributed by atoms with Crippen molar-refractivity contribution in [3.8, 4) is 22.3 Å². The second kappa shape index (κ2) is 22.1. The van der Waals surface area contributed by atoms with Gasteiger partial charge in [0.2, 0.25) is 13.4 Å². The van der Waals surface area contributed by atoms with E-state index in [1.54, 1.807) is 0 Å². The molecule has 0 aromatic heterocycles. The fourth-order valence-corrected chi connectivity index (χ4v) is 15.8. The van der Waals surface area contributed by atoms with E-state index in [-0.39, 0.29) is 13.4 Å². The molecule has 16 rings (SSSR count). The lowest BCUT2D eigenvalue weighted by Crippen LogP contribution is -2.62. The van der Waals surface area contributed by atoms with Crippen LogP contribution in [0.15, 0.2) is 341 Å². The van der Waals surface area contributed by atoms with Gasteiger partial charge in [-0.25, -0.2) is 0 Å². The molecule has 0 unspecified atom stereocenters. The Labute approximate surface area is 512 Å². The smallest absolute Gasteiger partial charge is 0.249 e. The highest BCUT2D eigenvalue weighted by molar-refractivity contribution is 8.01. The molecule has 404 valence electrons. The zero-order valence-electron chi connectivity index (χ0n) is 46.9. The number of anilines is 11. The Bertz CT molecular complexity index is 4490. The third-order valence-corrected chi connectivity index (χ3v) is 19.2. The van der Waals surface area contributed by atoms with Crippen molar-refractivity contribution in [2.75, 3.05) is 20.0 Å². The van der Waals surface area contributed by atoms with E-state index in [0.29, 0.717) is 0 Å². The van der Waals surface area contributed by atoms with E-state index in [0.717, 1.165) is 84.8 Å². The summed E-state index contributed by atoms with van der Waals surface area (Å²) in [6.07, 6.45) is 0. The topological polar surface area (TPSA) is 21.8 Å². The quantitative estimate of drug-likeness (QED) is 0.122. The summed E-state index contributed by atoms with van der Waals surface area (Å²) in [5.74, 6) is 0. The molecule has 3 aliphatic rings. The summed E-state index contributed by atoms with van der Waals surface area (Å²) in [7, 11) is 0. The number of nitrogens with zero attached hydrogens (tertiary/aromatic N) is 3. The molecular weight excluding hydrogens is 1080 g/mol. The maximum absolute atomic E-state index is 4.12. The standard InChI is InChI=1S/C78H54B2N4S2/c1-9-28-54(29-10-1)64-44-27-45-65(55-30-11-2-12-31-55)78(64)84-70-53-73-68(80-66-46-25-26-47-72(66)85-74-50-63(51-75(86-73)77(74)80)83(60-40-21-7-22-41-60)61-42-23-8-24-43-61)52-67(70)79(56-32-13-3-14-33-56)76-69(81-57-34-15-4-16-35-57)48-62(49-71(76)84)82(58-36-17-5-18-37-58)59-38-19-6-20-39-59/h1-53,81H. The van der Waals surface area contributed by atoms with Crippen LogP contribution < -0.4 is 52.8 Å². The van der Waals surface area contributed by atoms with Crippen LogP contribution in [0.2, 0.25) is 0 Å². The summed E-state index contributed by atoms with van der Waals surface area (Å²) < 4.78 is 0. The Hall–Kier alpha value is -10.1. The lowest BCUT2D eigenvalue weighted by atomic mass is 9.32. The SMILES string of the molecule is c1ccc(Nc2cc(N(c3ccccc3)c3ccccc3)cc3c2B(c2ccccc2)c2cc4c(cc2N3c2c(-c3ccccc3)cccc2-c2ccccc2)Sc2cc(N(c3ccccc3)c3ccccc3)cc3c2B4c2ccccc2S3)cc1. The first-order chi connectivity index (χ1) is 42.7. The Morgan fingerprint density at radius 1 is 0.302 bits per heavy atom. The first-order valence-corrected chi connectivity index (χ1v) is 31.0. The lowest BCUT2D eigenvalue weighted by molar-refractivity contribution is 1.23. The molecule has 0 saturated heterocycles. The molecule has 0 aliphatic carbocycles. The largest absolute Gasteiger partial charge is 0.356 e. The van der Waals surface area contributed by atoms with Crippen LogP contribution in [-0.2, 0) is 0 Å².